The lowest BCUT2D eigenvalue weighted by Gasteiger charge is -2.22. The molecular weight excluding hydrogens is 296 g/mol. The van der Waals surface area contributed by atoms with Gasteiger partial charge in [0.2, 0.25) is 0 Å². The summed E-state index contributed by atoms with van der Waals surface area (Å²) >= 11 is 0. The standard InChI is InChI=1S/C16H22N4O3/c1-10(2)8-19(9-14(21)22)16(23)13-5-12-7-18-20(11(3)4)15(12)17-6-13/h5-7,10-11H,8-9H2,1-4H3,(H,21,22). The van der Waals surface area contributed by atoms with Crippen LogP contribution in [0.2, 0.25) is 0 Å². The first-order chi connectivity index (χ1) is 10.8. The molecule has 7 nitrogen and oxygen atoms in total. The van der Waals surface area contributed by atoms with Crippen molar-refractivity contribution in [1.29, 1.82) is 0 Å². The van der Waals surface area contributed by atoms with Gasteiger partial charge in [0, 0.05) is 24.2 Å². The number of aliphatic carboxylic acids is 1. The van der Waals surface area contributed by atoms with Gasteiger partial charge in [0.1, 0.15) is 6.54 Å². The third-order valence-corrected chi connectivity index (χ3v) is 3.37. The Morgan fingerprint density at radius 1 is 1.26 bits per heavy atom. The van der Waals surface area contributed by atoms with Crippen molar-refractivity contribution in [2.45, 2.75) is 33.7 Å². The van der Waals surface area contributed by atoms with Crippen LogP contribution in [0, 0.1) is 5.92 Å². The first kappa shape index (κ1) is 16.9. The van der Waals surface area contributed by atoms with Crippen LogP contribution in [0.4, 0.5) is 0 Å². The predicted octanol–water partition coefficient (Wildman–Crippen LogP) is 2.19. The zero-order valence-corrected chi connectivity index (χ0v) is 13.9. The van der Waals surface area contributed by atoms with Crippen molar-refractivity contribution in [3.8, 4) is 0 Å². The Hall–Kier alpha value is -2.44. The summed E-state index contributed by atoms with van der Waals surface area (Å²) in [5.41, 5.74) is 1.09. The molecule has 2 rings (SSSR count). The Morgan fingerprint density at radius 3 is 2.52 bits per heavy atom. The van der Waals surface area contributed by atoms with Gasteiger partial charge >= 0.3 is 5.97 Å². The zero-order valence-electron chi connectivity index (χ0n) is 13.9. The fraction of sp³-hybridized carbons (Fsp3) is 0.500. The highest BCUT2D eigenvalue weighted by atomic mass is 16.4. The molecule has 0 radical (unpaired) electrons. The molecule has 0 aliphatic carbocycles. The van der Waals surface area contributed by atoms with Crippen LogP contribution < -0.4 is 0 Å². The molecule has 0 bridgehead atoms. The molecule has 23 heavy (non-hydrogen) atoms. The van der Waals surface area contributed by atoms with E-state index < -0.39 is 5.97 Å². The highest BCUT2D eigenvalue weighted by Gasteiger charge is 2.21. The lowest BCUT2D eigenvalue weighted by molar-refractivity contribution is -0.137. The third-order valence-electron chi connectivity index (χ3n) is 3.37. The second-order valence-electron chi connectivity index (χ2n) is 6.29. The minimum Gasteiger partial charge on any atom is -0.480 e. The van der Waals surface area contributed by atoms with Crippen LogP contribution in [-0.4, -0.2) is 49.7 Å². The zero-order chi connectivity index (χ0) is 17.1. The first-order valence-corrected chi connectivity index (χ1v) is 7.64. The van der Waals surface area contributed by atoms with Gasteiger partial charge in [-0.05, 0) is 25.8 Å². The molecule has 2 heterocycles. The molecule has 7 heteroatoms. The van der Waals surface area contributed by atoms with Crippen LogP contribution in [0.15, 0.2) is 18.5 Å². The van der Waals surface area contributed by atoms with E-state index in [-0.39, 0.29) is 24.4 Å². The van der Waals surface area contributed by atoms with Crippen molar-refractivity contribution in [2.24, 2.45) is 5.92 Å². The number of pyridine rings is 1. The van der Waals surface area contributed by atoms with Gasteiger partial charge in [0.05, 0.1) is 11.8 Å². The molecule has 0 atom stereocenters. The lowest BCUT2D eigenvalue weighted by Crippen LogP contribution is -2.38. The minimum atomic E-state index is -1.03. The van der Waals surface area contributed by atoms with Crippen LogP contribution in [0.3, 0.4) is 0 Å². The lowest BCUT2D eigenvalue weighted by atomic mass is 10.1. The van der Waals surface area contributed by atoms with E-state index >= 15 is 0 Å². The quantitative estimate of drug-likeness (QED) is 0.882. The van der Waals surface area contributed by atoms with E-state index in [1.165, 1.54) is 11.1 Å². The molecular formula is C16H22N4O3. The highest BCUT2D eigenvalue weighted by molar-refractivity contribution is 5.98. The van der Waals surface area contributed by atoms with Crippen LogP contribution >= 0.6 is 0 Å². The molecule has 2 aromatic rings. The van der Waals surface area contributed by atoms with E-state index in [2.05, 4.69) is 10.1 Å². The molecule has 0 saturated carbocycles. The fourth-order valence-corrected chi connectivity index (χ4v) is 2.44. The Kier molecular flexibility index (Phi) is 4.98. The molecule has 1 N–H and O–H groups in total. The van der Waals surface area contributed by atoms with Gasteiger partial charge in [-0.2, -0.15) is 5.10 Å². The summed E-state index contributed by atoms with van der Waals surface area (Å²) in [4.78, 5) is 29.3. The monoisotopic (exact) mass is 318 g/mol. The SMILES string of the molecule is CC(C)CN(CC(=O)O)C(=O)c1cnc2c(cnn2C(C)C)c1. The second kappa shape index (κ2) is 6.76. The number of aromatic nitrogens is 3. The Balaban J connectivity index is 2.33. The van der Waals surface area contributed by atoms with Crippen LogP contribution in [-0.2, 0) is 4.79 Å². The van der Waals surface area contributed by atoms with Gasteiger partial charge in [0.15, 0.2) is 5.65 Å². The summed E-state index contributed by atoms with van der Waals surface area (Å²) in [5, 5.41) is 14.0. The van der Waals surface area contributed by atoms with E-state index in [1.54, 1.807) is 16.9 Å². The maximum absolute atomic E-state index is 12.6. The summed E-state index contributed by atoms with van der Waals surface area (Å²) in [6.07, 6.45) is 3.16. The molecule has 0 aromatic carbocycles. The van der Waals surface area contributed by atoms with Gasteiger partial charge < -0.3 is 10.0 Å². The smallest absolute Gasteiger partial charge is 0.323 e. The Morgan fingerprint density at radius 2 is 1.96 bits per heavy atom. The van der Waals surface area contributed by atoms with Crippen LogP contribution in [0.5, 0.6) is 0 Å². The summed E-state index contributed by atoms with van der Waals surface area (Å²) in [6, 6.07) is 1.89. The number of carbonyl (C=O) groups is 2. The summed E-state index contributed by atoms with van der Waals surface area (Å²) in [6.45, 7) is 7.95. The summed E-state index contributed by atoms with van der Waals surface area (Å²) < 4.78 is 1.78. The molecule has 124 valence electrons. The van der Waals surface area contributed by atoms with Crippen molar-refractivity contribution in [1.82, 2.24) is 19.7 Å². The molecule has 1 amide bonds. The van der Waals surface area contributed by atoms with Crippen molar-refractivity contribution in [3.63, 3.8) is 0 Å². The normalized spacial score (nSPS) is 11.4. The molecule has 0 aliphatic rings. The van der Waals surface area contributed by atoms with Crippen molar-refractivity contribution < 1.29 is 14.7 Å². The molecule has 0 fully saturated rings. The average molecular weight is 318 g/mol. The van der Waals surface area contributed by atoms with E-state index in [0.717, 1.165) is 5.39 Å². The minimum absolute atomic E-state index is 0.172. The highest BCUT2D eigenvalue weighted by Crippen LogP contribution is 2.18. The van der Waals surface area contributed by atoms with E-state index in [0.29, 0.717) is 17.8 Å². The van der Waals surface area contributed by atoms with Crippen molar-refractivity contribution in [3.05, 3.63) is 24.0 Å². The number of carboxylic acid groups (broad SMARTS) is 1. The Labute approximate surface area is 134 Å². The predicted molar refractivity (Wildman–Crippen MR) is 86.3 cm³/mol. The number of nitrogens with zero attached hydrogens (tertiary/aromatic N) is 4. The number of carboxylic acids is 1. The molecule has 0 aliphatic heterocycles. The van der Waals surface area contributed by atoms with Crippen molar-refractivity contribution in [2.75, 3.05) is 13.1 Å². The summed E-state index contributed by atoms with van der Waals surface area (Å²) in [7, 11) is 0. The van der Waals surface area contributed by atoms with E-state index in [4.69, 9.17) is 5.11 Å². The van der Waals surface area contributed by atoms with Crippen LogP contribution in [0.1, 0.15) is 44.1 Å². The number of hydrogen-bond donors (Lipinski definition) is 1. The van der Waals surface area contributed by atoms with E-state index in [9.17, 15) is 9.59 Å². The molecule has 2 aromatic heterocycles. The maximum atomic E-state index is 12.6. The second-order valence-corrected chi connectivity index (χ2v) is 6.29. The summed E-state index contributed by atoms with van der Waals surface area (Å²) in [5.74, 6) is -1.17. The van der Waals surface area contributed by atoms with Gasteiger partial charge in [0.25, 0.3) is 5.91 Å². The van der Waals surface area contributed by atoms with Gasteiger partial charge in [-0.3, -0.25) is 9.59 Å². The molecule has 0 spiro atoms. The van der Waals surface area contributed by atoms with Crippen molar-refractivity contribution >= 4 is 22.9 Å². The maximum Gasteiger partial charge on any atom is 0.323 e. The van der Waals surface area contributed by atoms with E-state index in [1.807, 2.05) is 27.7 Å². The Bertz CT molecular complexity index is 721. The van der Waals surface area contributed by atoms with Crippen LogP contribution in [0.25, 0.3) is 11.0 Å². The number of hydrogen-bond acceptors (Lipinski definition) is 4. The van der Waals surface area contributed by atoms with Gasteiger partial charge in [-0.15, -0.1) is 0 Å². The first-order valence-electron chi connectivity index (χ1n) is 7.64. The van der Waals surface area contributed by atoms with Gasteiger partial charge in [-0.25, -0.2) is 9.67 Å². The number of rotatable bonds is 6. The number of amides is 1. The number of fused-ring (bicyclic) bond motifs is 1. The third kappa shape index (κ3) is 3.85. The molecule has 0 unspecified atom stereocenters. The fourth-order valence-electron chi connectivity index (χ4n) is 2.44. The average Bonchev–Trinajstić information content (AvgIpc) is 2.87. The number of carbonyl (C=O) groups excluding carboxylic acids is 1. The van der Waals surface area contributed by atoms with Gasteiger partial charge in [-0.1, -0.05) is 13.8 Å². The molecule has 0 saturated heterocycles. The largest absolute Gasteiger partial charge is 0.480 e. The topological polar surface area (TPSA) is 88.3 Å².